The van der Waals surface area contributed by atoms with Crippen LogP contribution in [-0.4, -0.2) is 34.5 Å². The van der Waals surface area contributed by atoms with E-state index < -0.39 is 18.2 Å². The van der Waals surface area contributed by atoms with Gasteiger partial charge in [-0.1, -0.05) is 65.5 Å². The Kier molecular flexibility index (Phi) is 7.35. The summed E-state index contributed by atoms with van der Waals surface area (Å²) in [5.41, 5.74) is 3.72. The Morgan fingerprint density at radius 3 is 2.36 bits per heavy atom. The number of carbonyl (C=O) groups is 1. The van der Waals surface area contributed by atoms with E-state index in [1.54, 1.807) is 11.1 Å². The van der Waals surface area contributed by atoms with Crippen LogP contribution in [0.25, 0.3) is 0 Å². The molecule has 4 heteroatoms. The summed E-state index contributed by atoms with van der Waals surface area (Å²) in [4.78, 5) is 11.9. The van der Waals surface area contributed by atoms with Crippen molar-refractivity contribution in [2.75, 3.05) is 6.61 Å². The van der Waals surface area contributed by atoms with Crippen LogP contribution in [0.4, 0.5) is 0 Å². The van der Waals surface area contributed by atoms with Crippen LogP contribution in [0.3, 0.4) is 0 Å². The molecule has 2 N–H and O–H groups in total. The van der Waals surface area contributed by atoms with Gasteiger partial charge in [-0.15, -0.1) is 0 Å². The van der Waals surface area contributed by atoms with E-state index >= 15 is 0 Å². The highest BCUT2D eigenvalue weighted by atomic mass is 16.6. The third-order valence-corrected chi connectivity index (χ3v) is 12.3. The molecule has 0 heterocycles. The average Bonchev–Trinajstić information content (AvgIpc) is 3.06. The summed E-state index contributed by atoms with van der Waals surface area (Å²) in [6.45, 7) is 18.2. The lowest BCUT2D eigenvalue weighted by molar-refractivity contribution is -0.172. The van der Waals surface area contributed by atoms with E-state index in [9.17, 15) is 15.0 Å². The number of fused-ring (bicyclic) bond motifs is 4. The van der Waals surface area contributed by atoms with Gasteiger partial charge in [0.2, 0.25) is 0 Å². The number of esters is 1. The zero-order valence-electron chi connectivity index (χ0n) is 24.5. The first-order valence-corrected chi connectivity index (χ1v) is 14.9. The molecule has 2 saturated carbocycles. The van der Waals surface area contributed by atoms with Gasteiger partial charge in [-0.2, -0.15) is 0 Å². The minimum Gasteiger partial charge on any atom is -0.460 e. The summed E-state index contributed by atoms with van der Waals surface area (Å²) < 4.78 is 5.76. The van der Waals surface area contributed by atoms with Crippen LogP contribution in [0, 0.1) is 39.4 Å². The van der Waals surface area contributed by atoms with Gasteiger partial charge in [0.25, 0.3) is 0 Å². The van der Waals surface area contributed by atoms with Gasteiger partial charge >= 0.3 is 5.97 Å². The van der Waals surface area contributed by atoms with Crippen molar-refractivity contribution in [2.24, 2.45) is 39.4 Å². The van der Waals surface area contributed by atoms with Gasteiger partial charge < -0.3 is 14.9 Å². The average molecular weight is 503 g/mol. The molecule has 0 radical (unpaired) electrons. The monoisotopic (exact) mass is 502 g/mol. The number of hydrogen-bond donors (Lipinski definition) is 2. The molecule has 0 aromatic heterocycles. The van der Waals surface area contributed by atoms with Crippen LogP contribution in [0.15, 0.2) is 11.1 Å². The number of ether oxygens (including phenoxy) is 1. The minimum absolute atomic E-state index is 0.0920. The largest absolute Gasteiger partial charge is 0.460 e. The lowest BCUT2D eigenvalue weighted by Gasteiger charge is -2.62. The first-order valence-electron chi connectivity index (χ1n) is 14.9. The van der Waals surface area contributed by atoms with Crippen molar-refractivity contribution >= 4 is 5.97 Å². The van der Waals surface area contributed by atoms with Gasteiger partial charge in [-0.05, 0) is 106 Å². The fraction of sp³-hybridized carbons (Fsp3) is 0.906. The highest BCUT2D eigenvalue weighted by molar-refractivity contribution is 5.70. The highest BCUT2D eigenvalue weighted by Gasteiger charge is 2.63. The summed E-state index contributed by atoms with van der Waals surface area (Å²) in [7, 11) is 0. The van der Waals surface area contributed by atoms with Crippen LogP contribution in [0.1, 0.15) is 126 Å². The molecular formula is C32H54O4. The standard InChI is InChI=1S/C32H54O4/c1-21(10-9-16-28(2,3)35)22-13-18-32(8)24-11-12-25-29(4,5)26(36-27(34)20-33)15-17-30(25,6)23(24)14-19-31(22,32)7/h21-22,25-26,33,35H,9-20H2,1-8H3/t21-,22-,25+,26+,30-,31-,32+/m1/s1. The van der Waals surface area contributed by atoms with E-state index in [0.29, 0.717) is 17.3 Å². The van der Waals surface area contributed by atoms with E-state index in [1.165, 1.54) is 44.9 Å². The molecule has 0 spiro atoms. The van der Waals surface area contributed by atoms with Crippen LogP contribution < -0.4 is 0 Å². The number of aliphatic hydroxyl groups excluding tert-OH is 1. The number of allylic oxidation sites excluding steroid dienone is 2. The summed E-state index contributed by atoms with van der Waals surface area (Å²) in [5.74, 6) is 1.47. The molecule has 0 aromatic rings. The molecule has 4 aliphatic rings. The first kappa shape index (κ1) is 28.1. The predicted octanol–water partition coefficient (Wildman–Crippen LogP) is 7.22. The smallest absolute Gasteiger partial charge is 0.332 e. The molecule has 0 aromatic carbocycles. The van der Waals surface area contributed by atoms with Crippen LogP contribution in [0.2, 0.25) is 0 Å². The van der Waals surface area contributed by atoms with E-state index in [-0.39, 0.29) is 22.3 Å². The van der Waals surface area contributed by atoms with Gasteiger partial charge in [0.1, 0.15) is 12.7 Å². The molecule has 0 unspecified atom stereocenters. The van der Waals surface area contributed by atoms with E-state index in [1.807, 2.05) is 13.8 Å². The Morgan fingerprint density at radius 1 is 1.03 bits per heavy atom. The summed E-state index contributed by atoms with van der Waals surface area (Å²) in [6.07, 6.45) is 12.6. The fourth-order valence-electron chi connectivity index (χ4n) is 10.1. The second-order valence-electron chi connectivity index (χ2n) is 15.0. The Labute approximate surface area is 220 Å². The molecule has 206 valence electrons. The summed E-state index contributed by atoms with van der Waals surface area (Å²) in [5, 5.41) is 19.5. The Bertz CT molecular complexity index is 881. The zero-order valence-corrected chi connectivity index (χ0v) is 24.5. The maximum Gasteiger partial charge on any atom is 0.332 e. The number of hydrogen-bond acceptors (Lipinski definition) is 4. The predicted molar refractivity (Wildman–Crippen MR) is 145 cm³/mol. The normalized spacial score (nSPS) is 40.8. The number of carbonyl (C=O) groups excluding carboxylic acids is 1. The molecule has 7 atom stereocenters. The van der Waals surface area contributed by atoms with Gasteiger partial charge in [0, 0.05) is 5.41 Å². The Balaban J connectivity index is 1.58. The maximum atomic E-state index is 11.9. The van der Waals surface area contributed by atoms with E-state index in [0.717, 1.165) is 31.6 Å². The van der Waals surface area contributed by atoms with Crippen molar-refractivity contribution in [1.82, 2.24) is 0 Å². The molecule has 4 nitrogen and oxygen atoms in total. The molecule has 4 aliphatic carbocycles. The third-order valence-electron chi connectivity index (χ3n) is 12.3. The molecule has 0 bridgehead atoms. The lowest BCUT2D eigenvalue weighted by Crippen LogP contribution is -2.56. The van der Waals surface area contributed by atoms with Crippen molar-refractivity contribution in [3.05, 3.63) is 11.1 Å². The summed E-state index contributed by atoms with van der Waals surface area (Å²) in [6, 6.07) is 0. The van der Waals surface area contributed by atoms with E-state index in [4.69, 9.17) is 4.74 Å². The maximum absolute atomic E-state index is 11.9. The molecule has 0 saturated heterocycles. The molecule has 2 fully saturated rings. The molecule has 0 amide bonds. The minimum atomic E-state index is -0.560. The molecule has 4 rings (SSSR count). The van der Waals surface area contributed by atoms with Crippen LogP contribution in [0.5, 0.6) is 0 Å². The number of aliphatic hydroxyl groups is 2. The Morgan fingerprint density at radius 2 is 1.72 bits per heavy atom. The second-order valence-corrected chi connectivity index (χ2v) is 15.0. The van der Waals surface area contributed by atoms with Crippen LogP contribution >= 0.6 is 0 Å². The van der Waals surface area contributed by atoms with Crippen molar-refractivity contribution in [1.29, 1.82) is 0 Å². The zero-order chi connectivity index (χ0) is 26.7. The number of rotatable bonds is 7. The molecule has 36 heavy (non-hydrogen) atoms. The van der Waals surface area contributed by atoms with Gasteiger partial charge in [-0.25, -0.2) is 4.79 Å². The van der Waals surface area contributed by atoms with Gasteiger partial charge in [0.05, 0.1) is 5.60 Å². The molecular weight excluding hydrogens is 448 g/mol. The Hall–Kier alpha value is -0.870. The topological polar surface area (TPSA) is 66.8 Å². The lowest BCUT2D eigenvalue weighted by atomic mass is 9.43. The SMILES string of the molecule is C[C@H](CCCC(C)(C)O)[C@H]1CC[C@@]2(C)C3=C(CC[C@]12C)[C@@]1(C)CC[C@H](OC(=O)CO)C(C)(C)[C@@H]1CC3. The van der Waals surface area contributed by atoms with E-state index in [2.05, 4.69) is 41.5 Å². The second kappa shape index (κ2) is 9.40. The first-order chi connectivity index (χ1) is 16.6. The third kappa shape index (κ3) is 4.40. The quantitative estimate of drug-likeness (QED) is 0.285. The van der Waals surface area contributed by atoms with Crippen molar-refractivity contribution < 1.29 is 19.7 Å². The molecule has 0 aliphatic heterocycles. The summed E-state index contributed by atoms with van der Waals surface area (Å²) >= 11 is 0. The van der Waals surface area contributed by atoms with Crippen molar-refractivity contribution in [2.45, 2.75) is 138 Å². The highest BCUT2D eigenvalue weighted by Crippen LogP contribution is 2.72. The van der Waals surface area contributed by atoms with Gasteiger partial charge in [-0.3, -0.25) is 0 Å². The fourth-order valence-corrected chi connectivity index (χ4v) is 10.1. The van der Waals surface area contributed by atoms with Crippen molar-refractivity contribution in [3.63, 3.8) is 0 Å². The van der Waals surface area contributed by atoms with Crippen LogP contribution in [-0.2, 0) is 9.53 Å². The van der Waals surface area contributed by atoms with Crippen molar-refractivity contribution in [3.8, 4) is 0 Å². The van der Waals surface area contributed by atoms with Gasteiger partial charge in [0.15, 0.2) is 0 Å².